The van der Waals surface area contributed by atoms with Gasteiger partial charge in [-0.2, -0.15) is 9.78 Å². The van der Waals surface area contributed by atoms with Crippen molar-refractivity contribution in [1.29, 1.82) is 10.8 Å². The average Bonchev–Trinajstić information content (AvgIpc) is 3.14. The molecule has 146 valence electrons. The van der Waals surface area contributed by atoms with Gasteiger partial charge in [0.15, 0.2) is 0 Å². The van der Waals surface area contributed by atoms with Crippen molar-refractivity contribution in [3.63, 3.8) is 0 Å². The molecule has 8 nitrogen and oxygen atoms in total. The Morgan fingerprint density at radius 1 is 1.07 bits per heavy atom. The third-order valence-electron chi connectivity index (χ3n) is 4.69. The summed E-state index contributed by atoms with van der Waals surface area (Å²) in [5.74, 6) is 0.948. The van der Waals surface area contributed by atoms with Gasteiger partial charge in [-0.1, -0.05) is 6.07 Å². The first-order valence-corrected chi connectivity index (χ1v) is 9.18. The van der Waals surface area contributed by atoms with Gasteiger partial charge >= 0.3 is 0 Å². The minimum Gasteiger partial charge on any atom is -0.361 e. The fourth-order valence-electron chi connectivity index (χ4n) is 3.15. The van der Waals surface area contributed by atoms with Crippen LogP contribution >= 0.6 is 0 Å². The Bertz CT molecular complexity index is 1270. The monoisotopic (exact) mass is 386 g/mol. The van der Waals surface area contributed by atoms with Gasteiger partial charge in [0, 0.05) is 56.5 Å². The largest absolute Gasteiger partial charge is 0.361 e. The Kier molecular flexibility index (Phi) is 4.67. The number of hydrogen-bond donors (Lipinski definition) is 2. The van der Waals surface area contributed by atoms with Gasteiger partial charge in [-0.15, -0.1) is 5.10 Å². The second-order valence-corrected chi connectivity index (χ2v) is 7.16. The van der Waals surface area contributed by atoms with Crippen LogP contribution in [0.25, 0.3) is 22.0 Å². The quantitative estimate of drug-likeness (QED) is 0.416. The summed E-state index contributed by atoms with van der Waals surface area (Å²) < 4.78 is 3.13. The highest BCUT2D eigenvalue weighted by Crippen LogP contribution is 2.23. The van der Waals surface area contributed by atoms with Crippen molar-refractivity contribution in [3.05, 3.63) is 66.0 Å². The first-order valence-electron chi connectivity index (χ1n) is 9.18. The molecule has 0 saturated carbocycles. The van der Waals surface area contributed by atoms with Crippen molar-refractivity contribution in [2.75, 3.05) is 19.0 Å². The molecular weight excluding hydrogens is 364 g/mol. The molecule has 0 fully saturated rings. The van der Waals surface area contributed by atoms with Gasteiger partial charge in [0.25, 0.3) is 0 Å². The van der Waals surface area contributed by atoms with Crippen LogP contribution in [0.5, 0.6) is 0 Å². The Morgan fingerprint density at radius 3 is 2.62 bits per heavy atom. The van der Waals surface area contributed by atoms with Crippen molar-refractivity contribution < 1.29 is 0 Å². The van der Waals surface area contributed by atoms with E-state index in [1.165, 1.54) is 4.68 Å². The number of hydrogen-bond acceptors (Lipinski definition) is 6. The molecular formula is C21H22N8. The second kappa shape index (κ2) is 7.31. The molecule has 0 bridgehead atoms. The standard InChI is InChI=1S/C21H22N8/c1-27(2)21-7-6-19(22)29(26-21)20(23)9-14-4-5-18-15(8-14)10-16(11-24-18)17-12-25-28(3)13-17/h4-8,10-13,22-23H,9H2,1-3H3. The molecule has 0 spiro atoms. The second-order valence-electron chi connectivity index (χ2n) is 7.16. The van der Waals surface area contributed by atoms with E-state index in [-0.39, 0.29) is 11.3 Å². The van der Waals surface area contributed by atoms with E-state index in [9.17, 15) is 0 Å². The lowest BCUT2D eigenvalue weighted by molar-refractivity contribution is 0.768. The molecule has 1 aromatic carbocycles. The molecule has 0 saturated heterocycles. The summed E-state index contributed by atoms with van der Waals surface area (Å²) in [5.41, 5.74) is 4.06. The summed E-state index contributed by atoms with van der Waals surface area (Å²) >= 11 is 0. The van der Waals surface area contributed by atoms with E-state index in [1.54, 1.807) is 16.8 Å². The van der Waals surface area contributed by atoms with Crippen molar-refractivity contribution in [3.8, 4) is 11.1 Å². The number of aryl methyl sites for hydroxylation is 1. The summed E-state index contributed by atoms with van der Waals surface area (Å²) in [6.07, 6.45) is 5.99. The van der Waals surface area contributed by atoms with E-state index in [2.05, 4.69) is 21.2 Å². The predicted octanol–water partition coefficient (Wildman–Crippen LogP) is 2.45. The van der Waals surface area contributed by atoms with E-state index in [1.807, 2.05) is 62.8 Å². The molecule has 0 atom stereocenters. The van der Waals surface area contributed by atoms with Crippen molar-refractivity contribution in [2.45, 2.75) is 6.42 Å². The molecule has 8 heteroatoms. The Hall–Kier alpha value is -3.81. The van der Waals surface area contributed by atoms with Crippen LogP contribution in [0, 0.1) is 10.8 Å². The number of rotatable bonds is 4. The van der Waals surface area contributed by atoms with Crippen LogP contribution in [0.3, 0.4) is 0 Å². The number of fused-ring (bicyclic) bond motifs is 1. The van der Waals surface area contributed by atoms with Crippen LogP contribution in [-0.2, 0) is 13.5 Å². The lowest BCUT2D eigenvalue weighted by atomic mass is 10.0. The van der Waals surface area contributed by atoms with Crippen LogP contribution in [-0.4, -0.2) is 44.5 Å². The number of nitrogens with one attached hydrogen (secondary N) is 2. The topological polar surface area (TPSA) is 99.5 Å². The zero-order valence-corrected chi connectivity index (χ0v) is 16.6. The maximum Gasteiger partial charge on any atom is 0.149 e. The maximum absolute atomic E-state index is 8.47. The normalized spacial score (nSPS) is 11.0. The molecule has 0 unspecified atom stereocenters. The average molecular weight is 386 g/mol. The summed E-state index contributed by atoms with van der Waals surface area (Å²) in [6, 6.07) is 11.5. The van der Waals surface area contributed by atoms with Gasteiger partial charge in [-0.25, -0.2) is 0 Å². The number of pyridine rings is 1. The first-order chi connectivity index (χ1) is 13.9. The Balaban J connectivity index is 1.65. The molecule has 4 aromatic rings. The van der Waals surface area contributed by atoms with E-state index < -0.39 is 0 Å². The first kappa shape index (κ1) is 18.5. The van der Waals surface area contributed by atoms with Gasteiger partial charge in [0.2, 0.25) is 0 Å². The van der Waals surface area contributed by atoms with E-state index in [0.29, 0.717) is 12.2 Å². The van der Waals surface area contributed by atoms with Crippen molar-refractivity contribution >= 4 is 22.6 Å². The van der Waals surface area contributed by atoms with Crippen LogP contribution in [0.4, 0.5) is 5.82 Å². The highest BCUT2D eigenvalue weighted by atomic mass is 15.3. The molecule has 2 N–H and O–H groups in total. The van der Waals surface area contributed by atoms with Gasteiger partial charge in [0.05, 0.1) is 11.7 Å². The zero-order valence-electron chi connectivity index (χ0n) is 16.6. The predicted molar refractivity (Wildman–Crippen MR) is 113 cm³/mol. The number of nitrogens with zero attached hydrogens (tertiary/aromatic N) is 6. The van der Waals surface area contributed by atoms with E-state index in [0.717, 1.165) is 27.6 Å². The van der Waals surface area contributed by atoms with Crippen molar-refractivity contribution in [1.82, 2.24) is 24.5 Å². The van der Waals surface area contributed by atoms with Gasteiger partial charge in [0.1, 0.15) is 17.1 Å². The van der Waals surface area contributed by atoms with Crippen LogP contribution < -0.4 is 10.4 Å². The smallest absolute Gasteiger partial charge is 0.149 e. The SMILES string of the molecule is CN(C)c1ccc(=N)n(C(=N)Cc2ccc3ncc(-c4cnn(C)c4)cc3c2)n1. The fraction of sp³-hybridized carbons (Fsp3) is 0.190. The highest BCUT2D eigenvalue weighted by Gasteiger charge is 2.09. The van der Waals surface area contributed by atoms with Gasteiger partial charge < -0.3 is 4.90 Å². The molecule has 0 aliphatic carbocycles. The van der Waals surface area contributed by atoms with Gasteiger partial charge in [-0.3, -0.25) is 20.5 Å². The summed E-state index contributed by atoms with van der Waals surface area (Å²) in [5, 5.41) is 26.2. The molecule has 0 aliphatic rings. The minimum absolute atomic E-state index is 0.182. The maximum atomic E-state index is 8.47. The molecule has 0 aliphatic heterocycles. The Labute approximate surface area is 168 Å². The lowest BCUT2D eigenvalue weighted by Crippen LogP contribution is -2.31. The molecule has 0 radical (unpaired) electrons. The summed E-state index contributed by atoms with van der Waals surface area (Å²) in [4.78, 5) is 6.40. The molecule has 3 aromatic heterocycles. The van der Waals surface area contributed by atoms with Crippen LogP contribution in [0.2, 0.25) is 0 Å². The lowest BCUT2D eigenvalue weighted by Gasteiger charge is -2.14. The Morgan fingerprint density at radius 2 is 1.90 bits per heavy atom. The van der Waals surface area contributed by atoms with E-state index >= 15 is 0 Å². The number of aromatic nitrogens is 5. The number of anilines is 1. The zero-order chi connectivity index (χ0) is 20.5. The van der Waals surface area contributed by atoms with Crippen LogP contribution in [0.15, 0.2) is 55.0 Å². The summed E-state index contributed by atoms with van der Waals surface area (Å²) in [6.45, 7) is 0. The van der Waals surface area contributed by atoms with E-state index in [4.69, 9.17) is 10.8 Å². The van der Waals surface area contributed by atoms with Gasteiger partial charge in [-0.05, 0) is 35.9 Å². The summed E-state index contributed by atoms with van der Waals surface area (Å²) in [7, 11) is 5.66. The number of benzene rings is 1. The third-order valence-corrected chi connectivity index (χ3v) is 4.69. The van der Waals surface area contributed by atoms with Crippen LogP contribution in [0.1, 0.15) is 5.56 Å². The fourth-order valence-corrected chi connectivity index (χ4v) is 3.15. The van der Waals surface area contributed by atoms with Crippen molar-refractivity contribution in [2.24, 2.45) is 7.05 Å². The molecule has 0 amide bonds. The molecule has 29 heavy (non-hydrogen) atoms. The molecule has 3 heterocycles. The highest BCUT2D eigenvalue weighted by molar-refractivity contribution is 5.87. The third kappa shape index (κ3) is 3.77. The molecule has 4 rings (SSSR count). The minimum atomic E-state index is 0.182.